The second kappa shape index (κ2) is 7.89. The van der Waals surface area contributed by atoms with Crippen molar-refractivity contribution in [2.75, 3.05) is 34.6 Å². The number of rotatable bonds is 6. The zero-order valence-electron chi connectivity index (χ0n) is 16.6. The summed E-state index contributed by atoms with van der Waals surface area (Å²) in [6.07, 6.45) is 1.66. The van der Waals surface area contributed by atoms with E-state index in [1.807, 2.05) is 24.3 Å². The smallest absolute Gasteiger partial charge is 0.231 e. The Morgan fingerprint density at radius 2 is 1.96 bits per heavy atom. The van der Waals surface area contributed by atoms with Gasteiger partial charge in [-0.3, -0.25) is 4.90 Å². The predicted octanol–water partition coefficient (Wildman–Crippen LogP) is 2.96. The minimum Gasteiger partial charge on any atom is -0.497 e. The van der Waals surface area contributed by atoms with Gasteiger partial charge in [-0.1, -0.05) is 12.1 Å². The molecule has 0 fully saturated rings. The molecule has 1 N–H and O–H groups in total. The van der Waals surface area contributed by atoms with Gasteiger partial charge in [0.1, 0.15) is 5.75 Å². The maximum Gasteiger partial charge on any atom is 0.231 e. The van der Waals surface area contributed by atoms with Crippen molar-refractivity contribution in [3.05, 3.63) is 47.0 Å². The third-order valence-electron chi connectivity index (χ3n) is 5.67. The number of nitrogens with zero attached hydrogens (tertiary/aromatic N) is 1. The topological polar surface area (TPSA) is 60.4 Å². The average molecular weight is 385 g/mol. The monoisotopic (exact) mass is 385 g/mol. The van der Waals surface area contributed by atoms with E-state index >= 15 is 0 Å². The summed E-state index contributed by atoms with van der Waals surface area (Å²) in [6, 6.07) is 9.97. The van der Waals surface area contributed by atoms with Gasteiger partial charge in [0.15, 0.2) is 11.5 Å². The van der Waals surface area contributed by atoms with E-state index in [1.165, 1.54) is 5.56 Å². The number of fused-ring (bicyclic) bond motifs is 2. The number of hydrogen-bond donors (Lipinski definition) is 1. The number of methoxy groups -OCH3 is 2. The highest BCUT2D eigenvalue weighted by Crippen LogP contribution is 2.50. The molecule has 0 amide bonds. The van der Waals surface area contributed by atoms with Gasteiger partial charge in [0.05, 0.1) is 20.3 Å². The molecule has 2 aliphatic heterocycles. The van der Waals surface area contributed by atoms with Gasteiger partial charge in [-0.25, -0.2) is 0 Å². The van der Waals surface area contributed by atoms with Crippen LogP contribution in [-0.2, 0) is 12.8 Å². The highest BCUT2D eigenvalue weighted by atomic mass is 16.7. The maximum atomic E-state index is 10.8. The Bertz CT molecular complexity index is 836. The molecule has 2 aromatic rings. The summed E-state index contributed by atoms with van der Waals surface area (Å²) in [5.41, 5.74) is 3.40. The molecule has 0 radical (unpaired) electrons. The van der Waals surface area contributed by atoms with Gasteiger partial charge in [-0.05, 0) is 55.6 Å². The summed E-state index contributed by atoms with van der Waals surface area (Å²) in [4.78, 5) is 2.28. The Hall–Kier alpha value is -2.44. The Morgan fingerprint density at radius 3 is 2.68 bits per heavy atom. The Kier molecular flexibility index (Phi) is 5.33. The van der Waals surface area contributed by atoms with Gasteiger partial charge in [0.2, 0.25) is 12.5 Å². The van der Waals surface area contributed by atoms with Crippen LogP contribution in [0.15, 0.2) is 30.3 Å². The number of aliphatic hydroxyl groups excluding tert-OH is 1. The van der Waals surface area contributed by atoms with Crippen molar-refractivity contribution in [2.45, 2.75) is 31.4 Å². The first kappa shape index (κ1) is 18.9. The van der Waals surface area contributed by atoms with Crippen LogP contribution in [0, 0.1) is 0 Å². The predicted molar refractivity (Wildman–Crippen MR) is 106 cm³/mol. The molecule has 2 atom stereocenters. The molecule has 2 heterocycles. The first-order valence-electron chi connectivity index (χ1n) is 9.61. The molecule has 0 aliphatic carbocycles. The fourth-order valence-corrected chi connectivity index (χ4v) is 4.20. The summed E-state index contributed by atoms with van der Waals surface area (Å²) in [5, 5.41) is 10.8. The molecule has 28 heavy (non-hydrogen) atoms. The maximum absolute atomic E-state index is 10.8. The molecule has 6 heteroatoms. The second-order valence-electron chi connectivity index (χ2n) is 7.40. The molecule has 2 aliphatic rings. The van der Waals surface area contributed by atoms with Crippen LogP contribution >= 0.6 is 0 Å². The van der Waals surface area contributed by atoms with Gasteiger partial charge < -0.3 is 24.1 Å². The molecule has 0 bridgehead atoms. The van der Waals surface area contributed by atoms with E-state index in [0.717, 1.165) is 41.3 Å². The highest BCUT2D eigenvalue weighted by molar-refractivity contribution is 5.61. The van der Waals surface area contributed by atoms with Crippen molar-refractivity contribution < 1.29 is 24.1 Å². The van der Waals surface area contributed by atoms with E-state index in [1.54, 1.807) is 14.2 Å². The van der Waals surface area contributed by atoms with Crippen molar-refractivity contribution in [1.29, 1.82) is 0 Å². The van der Waals surface area contributed by atoms with E-state index in [4.69, 9.17) is 18.9 Å². The third-order valence-corrected chi connectivity index (χ3v) is 5.67. The summed E-state index contributed by atoms with van der Waals surface area (Å²) in [6.45, 7) is 1.14. The van der Waals surface area contributed by atoms with Crippen molar-refractivity contribution in [3.63, 3.8) is 0 Å². The number of hydrogen-bond acceptors (Lipinski definition) is 6. The molecule has 0 aromatic heterocycles. The molecule has 6 nitrogen and oxygen atoms in total. The van der Waals surface area contributed by atoms with Crippen LogP contribution in [-0.4, -0.2) is 50.7 Å². The fraction of sp³-hybridized carbons (Fsp3) is 0.455. The normalized spacial score (nSPS) is 19.2. The summed E-state index contributed by atoms with van der Waals surface area (Å²) in [7, 11) is 5.41. The first-order chi connectivity index (χ1) is 13.6. The van der Waals surface area contributed by atoms with E-state index in [-0.39, 0.29) is 12.8 Å². The van der Waals surface area contributed by atoms with Crippen LogP contribution in [0.4, 0.5) is 0 Å². The second-order valence-corrected chi connectivity index (χ2v) is 7.40. The lowest BCUT2D eigenvalue weighted by Crippen LogP contribution is -2.35. The van der Waals surface area contributed by atoms with Crippen LogP contribution in [0.1, 0.15) is 29.2 Å². The molecule has 4 rings (SSSR count). The highest BCUT2D eigenvalue weighted by Gasteiger charge is 2.34. The van der Waals surface area contributed by atoms with Crippen LogP contribution in [0.3, 0.4) is 0 Å². The van der Waals surface area contributed by atoms with E-state index in [2.05, 4.69) is 18.0 Å². The average Bonchev–Trinajstić information content (AvgIpc) is 3.17. The van der Waals surface area contributed by atoms with Crippen molar-refractivity contribution in [3.8, 4) is 23.0 Å². The Balaban J connectivity index is 1.58. The molecular weight excluding hydrogens is 358 g/mol. The van der Waals surface area contributed by atoms with Gasteiger partial charge >= 0.3 is 0 Å². The minimum atomic E-state index is -0.470. The lowest BCUT2D eigenvalue weighted by molar-refractivity contribution is 0.107. The van der Waals surface area contributed by atoms with Crippen LogP contribution in [0.2, 0.25) is 0 Å². The lowest BCUT2D eigenvalue weighted by Gasteiger charge is -2.37. The van der Waals surface area contributed by atoms with Crippen LogP contribution in [0.5, 0.6) is 23.0 Å². The summed E-state index contributed by atoms with van der Waals surface area (Å²) < 4.78 is 22.2. The SMILES string of the molecule is COc1ccc(C[C@@H](O)C[C@H]2c3c(cc4c(c3OC)OCO4)CCN2C)cc1. The third kappa shape index (κ3) is 3.50. The van der Waals surface area contributed by atoms with Gasteiger partial charge in [0.25, 0.3) is 0 Å². The standard InChI is InChI=1S/C22H27NO5/c1-23-9-8-15-11-19-21(28-13-27-19)22(26-3)20(15)18(23)12-16(24)10-14-4-6-17(25-2)7-5-14/h4-7,11,16,18,24H,8-10,12-13H2,1-3H3/t16-,18+/m1/s1. The lowest BCUT2D eigenvalue weighted by atomic mass is 9.87. The first-order valence-corrected chi connectivity index (χ1v) is 9.61. The number of ether oxygens (including phenoxy) is 4. The zero-order valence-corrected chi connectivity index (χ0v) is 16.6. The van der Waals surface area contributed by atoms with Crippen LogP contribution in [0.25, 0.3) is 0 Å². The minimum absolute atomic E-state index is 0.0569. The van der Waals surface area contributed by atoms with E-state index in [0.29, 0.717) is 18.6 Å². The number of benzene rings is 2. The van der Waals surface area contributed by atoms with E-state index < -0.39 is 6.10 Å². The summed E-state index contributed by atoms with van der Waals surface area (Å²) in [5.74, 6) is 2.97. The molecule has 0 saturated heterocycles. The Morgan fingerprint density at radius 1 is 1.18 bits per heavy atom. The van der Waals surface area contributed by atoms with Crippen LogP contribution < -0.4 is 18.9 Å². The molecule has 150 valence electrons. The van der Waals surface area contributed by atoms with Gasteiger partial charge in [0, 0.05) is 18.2 Å². The molecule has 2 aromatic carbocycles. The molecule has 0 unspecified atom stereocenters. The van der Waals surface area contributed by atoms with Gasteiger partial charge in [-0.2, -0.15) is 0 Å². The van der Waals surface area contributed by atoms with Crippen molar-refractivity contribution in [2.24, 2.45) is 0 Å². The quantitative estimate of drug-likeness (QED) is 0.825. The number of aliphatic hydroxyl groups is 1. The molecule has 0 saturated carbocycles. The van der Waals surface area contributed by atoms with Crippen molar-refractivity contribution >= 4 is 0 Å². The van der Waals surface area contributed by atoms with Crippen molar-refractivity contribution in [1.82, 2.24) is 4.90 Å². The number of likely N-dealkylation sites (N-methyl/N-ethyl adjacent to an activating group) is 1. The fourth-order valence-electron chi connectivity index (χ4n) is 4.20. The van der Waals surface area contributed by atoms with E-state index in [9.17, 15) is 5.11 Å². The molecular formula is C22H27NO5. The van der Waals surface area contributed by atoms with Gasteiger partial charge in [-0.15, -0.1) is 0 Å². The summed E-state index contributed by atoms with van der Waals surface area (Å²) >= 11 is 0. The largest absolute Gasteiger partial charge is 0.497 e. The Labute approximate surface area is 165 Å². The zero-order chi connectivity index (χ0) is 19.7. The molecule has 0 spiro atoms.